The summed E-state index contributed by atoms with van der Waals surface area (Å²) >= 11 is 0. The Balaban J connectivity index is 0. The molecule has 0 aliphatic carbocycles. The molecule has 26 heavy (non-hydrogen) atoms. The van der Waals surface area contributed by atoms with Gasteiger partial charge in [0.2, 0.25) is 0 Å². The third kappa shape index (κ3) is 18.2. The normalized spacial score (nSPS) is 14.0. The standard InChI is InChI=1S/C20H42O4S.Na/c1-3-5-6-7-8-11-14-17-20(25(22,23)24)18-15-12-9-10-13-16-19(21)4-2;/h19-21H,3-18H2,1-2H3,(H,22,23,24);/q;+1/p-1. The van der Waals surface area contributed by atoms with E-state index in [0.29, 0.717) is 12.8 Å². The van der Waals surface area contributed by atoms with E-state index in [4.69, 9.17) is 0 Å². The van der Waals surface area contributed by atoms with Gasteiger partial charge in [-0.3, -0.25) is 0 Å². The fourth-order valence-corrected chi connectivity index (χ4v) is 4.16. The third-order valence-electron chi connectivity index (χ3n) is 5.07. The number of aliphatic hydroxyl groups excluding tert-OH is 1. The molecule has 2 atom stereocenters. The number of unbranched alkanes of at least 4 members (excludes halogenated alkanes) is 10. The van der Waals surface area contributed by atoms with Crippen LogP contribution in [0.1, 0.15) is 117 Å². The van der Waals surface area contributed by atoms with E-state index in [1.165, 1.54) is 25.7 Å². The summed E-state index contributed by atoms with van der Waals surface area (Å²) in [6.45, 7) is 4.18. The third-order valence-corrected chi connectivity index (χ3v) is 6.36. The van der Waals surface area contributed by atoms with Crippen molar-refractivity contribution in [1.82, 2.24) is 0 Å². The minimum atomic E-state index is -4.16. The van der Waals surface area contributed by atoms with E-state index in [9.17, 15) is 18.1 Å². The van der Waals surface area contributed by atoms with Crippen molar-refractivity contribution in [3.63, 3.8) is 0 Å². The molecule has 0 aliphatic heterocycles. The first-order valence-electron chi connectivity index (χ1n) is 10.5. The molecule has 0 radical (unpaired) electrons. The molecule has 0 saturated carbocycles. The molecule has 152 valence electrons. The van der Waals surface area contributed by atoms with E-state index in [-0.39, 0.29) is 35.7 Å². The Morgan fingerprint density at radius 2 is 1.12 bits per heavy atom. The van der Waals surface area contributed by atoms with E-state index in [1.54, 1.807) is 0 Å². The van der Waals surface area contributed by atoms with Gasteiger partial charge in [0.1, 0.15) is 0 Å². The first-order chi connectivity index (χ1) is 11.9. The molecule has 0 fully saturated rings. The summed E-state index contributed by atoms with van der Waals surface area (Å²) in [5.74, 6) is 0. The van der Waals surface area contributed by atoms with Crippen molar-refractivity contribution in [1.29, 1.82) is 0 Å². The topological polar surface area (TPSA) is 77.4 Å². The fourth-order valence-electron chi connectivity index (χ4n) is 3.25. The molecule has 0 bridgehead atoms. The maximum absolute atomic E-state index is 11.4. The Hall–Kier alpha value is 0.870. The van der Waals surface area contributed by atoms with Gasteiger partial charge in [0.05, 0.1) is 16.2 Å². The second-order valence-corrected chi connectivity index (χ2v) is 9.08. The first-order valence-corrected chi connectivity index (χ1v) is 12.0. The molecule has 1 N–H and O–H groups in total. The van der Waals surface area contributed by atoms with Crippen LogP contribution in [0.5, 0.6) is 0 Å². The van der Waals surface area contributed by atoms with Crippen LogP contribution in [0.3, 0.4) is 0 Å². The van der Waals surface area contributed by atoms with E-state index in [2.05, 4.69) is 6.92 Å². The summed E-state index contributed by atoms with van der Waals surface area (Å²) in [5, 5.41) is 8.79. The maximum atomic E-state index is 11.4. The molecule has 0 spiro atoms. The van der Waals surface area contributed by atoms with Crippen LogP contribution >= 0.6 is 0 Å². The zero-order valence-corrected chi connectivity index (χ0v) is 20.4. The number of hydrogen-bond acceptors (Lipinski definition) is 4. The van der Waals surface area contributed by atoms with Crippen molar-refractivity contribution in [2.75, 3.05) is 0 Å². The van der Waals surface area contributed by atoms with Crippen molar-refractivity contribution >= 4 is 10.1 Å². The summed E-state index contributed by atoms with van der Waals surface area (Å²) in [6.07, 6.45) is 15.5. The quantitative estimate of drug-likeness (QED) is 0.218. The molecule has 0 aromatic heterocycles. The zero-order valence-electron chi connectivity index (χ0n) is 17.5. The van der Waals surface area contributed by atoms with Gasteiger partial charge in [0.25, 0.3) is 0 Å². The van der Waals surface area contributed by atoms with Crippen LogP contribution in [-0.2, 0) is 10.1 Å². The van der Waals surface area contributed by atoms with E-state index in [0.717, 1.165) is 64.2 Å². The molecule has 2 unspecified atom stereocenters. The Bertz CT molecular complexity index is 387. The molecular formula is C20H41NaO4S. The van der Waals surface area contributed by atoms with Gasteiger partial charge >= 0.3 is 29.6 Å². The van der Waals surface area contributed by atoms with Crippen LogP contribution in [0.25, 0.3) is 0 Å². The molecular weight excluding hydrogens is 359 g/mol. The van der Waals surface area contributed by atoms with E-state index >= 15 is 0 Å². The maximum Gasteiger partial charge on any atom is 1.00 e. The monoisotopic (exact) mass is 400 g/mol. The van der Waals surface area contributed by atoms with Gasteiger partial charge in [-0.1, -0.05) is 90.9 Å². The summed E-state index contributed by atoms with van der Waals surface area (Å²) in [6, 6.07) is 0. The number of hydrogen-bond donors (Lipinski definition) is 1. The van der Waals surface area contributed by atoms with Gasteiger partial charge in [0.15, 0.2) is 0 Å². The summed E-state index contributed by atoms with van der Waals surface area (Å²) < 4.78 is 34.3. The van der Waals surface area contributed by atoms with Crippen molar-refractivity contribution < 1.29 is 47.6 Å². The molecule has 0 aromatic rings. The van der Waals surface area contributed by atoms with Crippen LogP contribution in [0.2, 0.25) is 0 Å². The van der Waals surface area contributed by atoms with Crippen molar-refractivity contribution in [2.24, 2.45) is 0 Å². The molecule has 0 aliphatic rings. The molecule has 0 aromatic carbocycles. The van der Waals surface area contributed by atoms with Crippen LogP contribution in [-0.4, -0.2) is 29.4 Å². The second kappa shape index (κ2) is 19.2. The number of aliphatic hydroxyl groups is 1. The zero-order chi connectivity index (χ0) is 19.0. The Labute approximate surface area is 185 Å². The first kappa shape index (κ1) is 29.1. The molecule has 0 saturated heterocycles. The van der Waals surface area contributed by atoms with E-state index in [1.807, 2.05) is 6.92 Å². The largest absolute Gasteiger partial charge is 1.00 e. The minimum absolute atomic E-state index is 0. The van der Waals surface area contributed by atoms with Gasteiger partial charge < -0.3 is 9.66 Å². The Morgan fingerprint density at radius 3 is 1.50 bits per heavy atom. The van der Waals surface area contributed by atoms with Gasteiger partial charge in [-0.2, -0.15) is 0 Å². The average Bonchev–Trinajstić information content (AvgIpc) is 2.56. The molecule has 6 heteroatoms. The van der Waals surface area contributed by atoms with Crippen molar-refractivity contribution in [3.05, 3.63) is 0 Å². The van der Waals surface area contributed by atoms with Gasteiger partial charge in [0, 0.05) is 5.25 Å². The number of rotatable bonds is 18. The van der Waals surface area contributed by atoms with Crippen LogP contribution in [0.15, 0.2) is 0 Å². The van der Waals surface area contributed by atoms with Gasteiger partial charge in [-0.25, -0.2) is 8.42 Å². The fraction of sp³-hybridized carbons (Fsp3) is 1.00. The average molecular weight is 401 g/mol. The Kier molecular flexibility index (Phi) is 21.5. The predicted octanol–water partition coefficient (Wildman–Crippen LogP) is 2.55. The molecule has 0 heterocycles. The smallest absolute Gasteiger partial charge is 0.748 e. The predicted molar refractivity (Wildman–Crippen MR) is 105 cm³/mol. The van der Waals surface area contributed by atoms with Crippen molar-refractivity contribution in [2.45, 2.75) is 128 Å². The van der Waals surface area contributed by atoms with Crippen LogP contribution in [0.4, 0.5) is 0 Å². The summed E-state index contributed by atoms with van der Waals surface area (Å²) in [7, 11) is -4.16. The van der Waals surface area contributed by atoms with Crippen LogP contribution in [0, 0.1) is 0 Å². The SMILES string of the molecule is CCCCCCCCCC(CCCCCCCC(O)CC)S(=O)(=O)[O-].[Na+]. The molecule has 0 amide bonds. The Morgan fingerprint density at radius 1 is 0.731 bits per heavy atom. The summed E-state index contributed by atoms with van der Waals surface area (Å²) in [5.41, 5.74) is 0. The molecule has 4 nitrogen and oxygen atoms in total. The van der Waals surface area contributed by atoms with E-state index < -0.39 is 15.4 Å². The molecule has 0 rings (SSSR count). The van der Waals surface area contributed by atoms with Crippen LogP contribution < -0.4 is 29.6 Å². The minimum Gasteiger partial charge on any atom is -0.748 e. The van der Waals surface area contributed by atoms with Gasteiger partial charge in [-0.05, 0) is 25.7 Å². The van der Waals surface area contributed by atoms with Crippen molar-refractivity contribution in [3.8, 4) is 0 Å². The second-order valence-electron chi connectivity index (χ2n) is 7.43. The van der Waals surface area contributed by atoms with Gasteiger partial charge in [-0.15, -0.1) is 0 Å². The summed E-state index contributed by atoms with van der Waals surface area (Å²) in [4.78, 5) is 0.